The molecule has 7 nitrogen and oxygen atoms in total. The second-order valence-corrected chi connectivity index (χ2v) is 7.06. The van der Waals surface area contributed by atoms with E-state index in [0.29, 0.717) is 35.3 Å². The van der Waals surface area contributed by atoms with Gasteiger partial charge in [0, 0.05) is 23.8 Å². The van der Waals surface area contributed by atoms with Gasteiger partial charge in [-0.2, -0.15) is 0 Å². The van der Waals surface area contributed by atoms with Gasteiger partial charge < -0.3 is 20.1 Å². The van der Waals surface area contributed by atoms with Crippen molar-refractivity contribution in [2.45, 2.75) is 43.9 Å². The SMILES string of the molecule is O=C(Nc1ccc(Oc2ccc(Cl)nn2)cc1)N1C2CCC1CC(O)C2. The highest BCUT2D eigenvalue weighted by atomic mass is 35.5. The van der Waals surface area contributed by atoms with Crippen LogP contribution in [0.1, 0.15) is 25.7 Å². The second-order valence-electron chi connectivity index (χ2n) is 6.67. The molecule has 0 spiro atoms. The minimum Gasteiger partial charge on any atom is -0.438 e. The normalized spacial score (nSPS) is 24.4. The number of carbonyl (C=O) groups is 1. The van der Waals surface area contributed by atoms with Crippen LogP contribution >= 0.6 is 11.6 Å². The van der Waals surface area contributed by atoms with E-state index in [1.54, 1.807) is 36.4 Å². The summed E-state index contributed by atoms with van der Waals surface area (Å²) in [7, 11) is 0. The van der Waals surface area contributed by atoms with Crippen LogP contribution in [0.3, 0.4) is 0 Å². The lowest BCUT2D eigenvalue weighted by Gasteiger charge is -2.37. The van der Waals surface area contributed by atoms with Crippen LogP contribution in [-0.2, 0) is 0 Å². The number of aromatic nitrogens is 2. The van der Waals surface area contributed by atoms with Crippen molar-refractivity contribution in [2.75, 3.05) is 5.32 Å². The first-order chi connectivity index (χ1) is 12.6. The van der Waals surface area contributed by atoms with Gasteiger partial charge in [-0.05, 0) is 56.0 Å². The first kappa shape index (κ1) is 17.1. The molecule has 2 unspecified atom stereocenters. The number of hydrogen-bond acceptors (Lipinski definition) is 5. The maximum Gasteiger partial charge on any atom is 0.322 e. The molecule has 2 N–H and O–H groups in total. The fraction of sp³-hybridized carbons (Fsp3) is 0.389. The van der Waals surface area contributed by atoms with Crippen LogP contribution < -0.4 is 10.1 Å². The molecule has 8 heteroatoms. The first-order valence-corrected chi connectivity index (χ1v) is 9.01. The highest BCUT2D eigenvalue weighted by Gasteiger charge is 2.42. The van der Waals surface area contributed by atoms with Crippen molar-refractivity contribution < 1.29 is 14.6 Å². The predicted octanol–water partition coefficient (Wildman–Crippen LogP) is 3.44. The summed E-state index contributed by atoms with van der Waals surface area (Å²) in [5.41, 5.74) is 0.690. The summed E-state index contributed by atoms with van der Waals surface area (Å²) in [5, 5.41) is 20.6. The van der Waals surface area contributed by atoms with E-state index in [0.717, 1.165) is 12.8 Å². The number of aliphatic hydroxyl groups excluding tert-OH is 1. The second kappa shape index (κ2) is 7.09. The van der Waals surface area contributed by atoms with Crippen LogP contribution in [-0.4, -0.2) is 44.4 Å². The third kappa shape index (κ3) is 3.59. The zero-order valence-corrected chi connectivity index (χ0v) is 14.8. The maximum absolute atomic E-state index is 12.6. The Kier molecular flexibility index (Phi) is 4.65. The average Bonchev–Trinajstić information content (AvgIpc) is 2.90. The number of carbonyl (C=O) groups excluding carboxylic acids is 1. The Morgan fingerprint density at radius 1 is 1.12 bits per heavy atom. The number of piperidine rings is 1. The van der Waals surface area contributed by atoms with Gasteiger partial charge in [-0.1, -0.05) is 11.6 Å². The van der Waals surface area contributed by atoms with Crippen molar-refractivity contribution >= 4 is 23.3 Å². The summed E-state index contributed by atoms with van der Waals surface area (Å²) in [6.07, 6.45) is 2.97. The molecule has 26 heavy (non-hydrogen) atoms. The third-order valence-corrected chi connectivity index (χ3v) is 5.08. The number of halogens is 1. The molecule has 2 amide bonds. The number of aliphatic hydroxyl groups is 1. The van der Waals surface area contributed by atoms with Crippen LogP contribution in [0.15, 0.2) is 36.4 Å². The lowest BCUT2D eigenvalue weighted by atomic mass is 10.0. The van der Waals surface area contributed by atoms with Gasteiger partial charge in [0.2, 0.25) is 5.88 Å². The van der Waals surface area contributed by atoms with Crippen molar-refractivity contribution in [1.29, 1.82) is 0 Å². The number of anilines is 1. The number of benzene rings is 1. The number of amides is 2. The fourth-order valence-corrected chi connectivity index (χ4v) is 3.85. The minimum atomic E-state index is -0.288. The van der Waals surface area contributed by atoms with Gasteiger partial charge in [-0.3, -0.25) is 0 Å². The molecule has 1 aromatic carbocycles. The van der Waals surface area contributed by atoms with E-state index < -0.39 is 0 Å². The minimum absolute atomic E-state index is 0.110. The molecule has 1 aromatic heterocycles. The molecule has 136 valence electrons. The number of rotatable bonds is 3. The lowest BCUT2D eigenvalue weighted by molar-refractivity contribution is 0.0580. The standard InChI is InChI=1S/C18H19ClN4O3/c19-16-7-8-17(22-21-16)26-15-5-1-11(2-6-15)20-18(25)23-12-3-4-13(23)10-14(24)9-12/h1-2,5-8,12-14,24H,3-4,9-10H2,(H,20,25). The van der Waals surface area contributed by atoms with Gasteiger partial charge in [-0.15, -0.1) is 10.2 Å². The summed E-state index contributed by atoms with van der Waals surface area (Å²) in [6, 6.07) is 10.4. The monoisotopic (exact) mass is 374 g/mol. The Hall–Kier alpha value is -2.38. The quantitative estimate of drug-likeness (QED) is 0.859. The van der Waals surface area contributed by atoms with Crippen LogP contribution in [0.2, 0.25) is 5.15 Å². The number of nitrogens with one attached hydrogen (secondary N) is 1. The van der Waals surface area contributed by atoms with E-state index in [-0.39, 0.29) is 24.2 Å². The average molecular weight is 375 g/mol. The summed E-state index contributed by atoms with van der Waals surface area (Å²) in [6.45, 7) is 0. The van der Waals surface area contributed by atoms with Gasteiger partial charge in [0.05, 0.1) is 6.10 Å². The molecule has 0 radical (unpaired) electrons. The summed E-state index contributed by atoms with van der Waals surface area (Å²) in [4.78, 5) is 14.5. The van der Waals surface area contributed by atoms with Crippen molar-refractivity contribution in [1.82, 2.24) is 15.1 Å². The number of hydrogen-bond donors (Lipinski definition) is 2. The Bertz CT molecular complexity index is 770. The molecule has 2 saturated heterocycles. The summed E-state index contributed by atoms with van der Waals surface area (Å²) in [5.74, 6) is 0.926. The summed E-state index contributed by atoms with van der Waals surface area (Å²) < 4.78 is 5.58. The molecular formula is C18H19ClN4O3. The van der Waals surface area contributed by atoms with Crippen LogP contribution in [0, 0.1) is 0 Å². The van der Waals surface area contributed by atoms with Crippen LogP contribution in [0.4, 0.5) is 10.5 Å². The molecule has 3 heterocycles. The molecule has 2 aromatic rings. The molecule has 2 bridgehead atoms. The lowest BCUT2D eigenvalue weighted by Crippen LogP contribution is -2.49. The Balaban J connectivity index is 1.38. The molecule has 0 saturated carbocycles. The molecule has 4 rings (SSSR count). The summed E-state index contributed by atoms with van der Waals surface area (Å²) >= 11 is 5.69. The molecule has 2 aliphatic rings. The number of fused-ring (bicyclic) bond motifs is 2. The number of nitrogens with zero attached hydrogens (tertiary/aromatic N) is 3. The first-order valence-electron chi connectivity index (χ1n) is 8.63. The topological polar surface area (TPSA) is 87.6 Å². The van der Waals surface area contributed by atoms with E-state index in [2.05, 4.69) is 15.5 Å². The van der Waals surface area contributed by atoms with E-state index in [1.807, 2.05) is 4.90 Å². The third-order valence-electron chi connectivity index (χ3n) is 4.88. The smallest absolute Gasteiger partial charge is 0.322 e. The number of ether oxygens (including phenoxy) is 1. The van der Waals surface area contributed by atoms with Gasteiger partial charge in [0.1, 0.15) is 5.75 Å². The highest BCUT2D eigenvalue weighted by Crippen LogP contribution is 2.36. The van der Waals surface area contributed by atoms with Gasteiger partial charge in [0.15, 0.2) is 5.15 Å². The fourth-order valence-electron chi connectivity index (χ4n) is 3.75. The predicted molar refractivity (Wildman–Crippen MR) is 96.5 cm³/mol. The van der Waals surface area contributed by atoms with E-state index in [9.17, 15) is 9.90 Å². The van der Waals surface area contributed by atoms with Crippen molar-refractivity contribution in [2.24, 2.45) is 0 Å². The maximum atomic E-state index is 12.6. The van der Waals surface area contributed by atoms with Gasteiger partial charge >= 0.3 is 6.03 Å². The van der Waals surface area contributed by atoms with Gasteiger partial charge in [-0.25, -0.2) is 4.79 Å². The van der Waals surface area contributed by atoms with E-state index in [4.69, 9.17) is 16.3 Å². The van der Waals surface area contributed by atoms with Gasteiger partial charge in [0.25, 0.3) is 0 Å². The highest BCUT2D eigenvalue weighted by molar-refractivity contribution is 6.29. The molecule has 2 fully saturated rings. The molecule has 0 aliphatic carbocycles. The zero-order chi connectivity index (χ0) is 18.1. The van der Waals surface area contributed by atoms with Crippen molar-refractivity contribution in [3.05, 3.63) is 41.6 Å². The molecular weight excluding hydrogens is 356 g/mol. The van der Waals surface area contributed by atoms with Crippen molar-refractivity contribution in [3.63, 3.8) is 0 Å². The van der Waals surface area contributed by atoms with E-state index >= 15 is 0 Å². The van der Waals surface area contributed by atoms with E-state index in [1.165, 1.54) is 0 Å². The zero-order valence-electron chi connectivity index (χ0n) is 14.0. The number of urea groups is 1. The Morgan fingerprint density at radius 3 is 2.42 bits per heavy atom. The molecule has 2 atom stereocenters. The Morgan fingerprint density at radius 2 is 1.81 bits per heavy atom. The molecule has 2 aliphatic heterocycles. The van der Waals surface area contributed by atoms with Crippen LogP contribution in [0.5, 0.6) is 11.6 Å². The Labute approximate surface area is 155 Å². The largest absolute Gasteiger partial charge is 0.438 e. The van der Waals surface area contributed by atoms with Crippen LogP contribution in [0.25, 0.3) is 0 Å². The van der Waals surface area contributed by atoms with Crippen molar-refractivity contribution in [3.8, 4) is 11.6 Å².